The van der Waals surface area contributed by atoms with Gasteiger partial charge in [-0.2, -0.15) is 11.8 Å². The SMILES string of the molecule is CC1SCCC1Nc1ccc(-c2ccccc2)cc1. The van der Waals surface area contributed by atoms with E-state index in [1.54, 1.807) is 0 Å². The highest BCUT2D eigenvalue weighted by Gasteiger charge is 2.23. The minimum atomic E-state index is 0.618. The fourth-order valence-electron chi connectivity index (χ4n) is 2.52. The van der Waals surface area contributed by atoms with Crippen LogP contribution in [0.2, 0.25) is 0 Å². The molecule has 98 valence electrons. The third-order valence-corrected chi connectivity index (χ3v) is 5.05. The molecule has 0 spiro atoms. The Bertz CT molecular complexity index is 521. The minimum absolute atomic E-state index is 0.618. The van der Waals surface area contributed by atoms with E-state index in [9.17, 15) is 0 Å². The molecular formula is C17H19NS. The van der Waals surface area contributed by atoms with Crippen LogP contribution in [0.5, 0.6) is 0 Å². The van der Waals surface area contributed by atoms with Gasteiger partial charge in [0, 0.05) is 17.0 Å². The smallest absolute Gasteiger partial charge is 0.0385 e. The van der Waals surface area contributed by atoms with Gasteiger partial charge >= 0.3 is 0 Å². The van der Waals surface area contributed by atoms with Crippen molar-refractivity contribution in [2.24, 2.45) is 0 Å². The maximum absolute atomic E-state index is 3.65. The quantitative estimate of drug-likeness (QED) is 0.869. The minimum Gasteiger partial charge on any atom is -0.381 e. The van der Waals surface area contributed by atoms with Crippen molar-refractivity contribution in [3.63, 3.8) is 0 Å². The topological polar surface area (TPSA) is 12.0 Å². The summed E-state index contributed by atoms with van der Waals surface area (Å²) in [6, 6.07) is 19.9. The van der Waals surface area contributed by atoms with Crippen molar-refractivity contribution in [2.45, 2.75) is 24.6 Å². The standard InChI is InChI=1S/C17H19NS/c1-13-17(11-12-19-13)18-16-9-7-15(8-10-16)14-5-3-2-4-6-14/h2-10,13,17-18H,11-12H2,1H3. The van der Waals surface area contributed by atoms with Crippen LogP contribution in [0.3, 0.4) is 0 Å². The number of hydrogen-bond acceptors (Lipinski definition) is 2. The average molecular weight is 269 g/mol. The predicted octanol–water partition coefficient (Wildman–Crippen LogP) is 4.66. The van der Waals surface area contributed by atoms with Crippen molar-refractivity contribution in [1.29, 1.82) is 0 Å². The number of hydrogen-bond donors (Lipinski definition) is 1. The summed E-state index contributed by atoms with van der Waals surface area (Å²) in [5.74, 6) is 1.28. The van der Waals surface area contributed by atoms with Gasteiger partial charge < -0.3 is 5.32 Å². The number of benzene rings is 2. The molecule has 3 rings (SSSR count). The number of anilines is 1. The summed E-state index contributed by atoms with van der Waals surface area (Å²) in [6.45, 7) is 2.31. The first kappa shape index (κ1) is 12.6. The second-order valence-electron chi connectivity index (χ2n) is 5.06. The van der Waals surface area contributed by atoms with Crippen LogP contribution in [-0.2, 0) is 0 Å². The first-order valence-corrected chi connectivity index (χ1v) is 7.91. The van der Waals surface area contributed by atoms with Crippen LogP contribution in [0.25, 0.3) is 11.1 Å². The second kappa shape index (κ2) is 5.70. The molecule has 0 amide bonds. The Morgan fingerprint density at radius 2 is 1.63 bits per heavy atom. The van der Waals surface area contributed by atoms with E-state index in [2.05, 4.69) is 78.6 Å². The summed E-state index contributed by atoms with van der Waals surface area (Å²) in [4.78, 5) is 0. The first-order valence-electron chi connectivity index (χ1n) is 6.86. The summed E-state index contributed by atoms with van der Waals surface area (Å²) in [7, 11) is 0. The van der Waals surface area contributed by atoms with Gasteiger partial charge in [-0.3, -0.25) is 0 Å². The summed E-state index contributed by atoms with van der Waals surface area (Å²) < 4.78 is 0. The average Bonchev–Trinajstić information content (AvgIpc) is 2.86. The third-order valence-electron chi connectivity index (χ3n) is 3.72. The van der Waals surface area contributed by atoms with Crippen molar-refractivity contribution >= 4 is 17.4 Å². The van der Waals surface area contributed by atoms with Crippen LogP contribution < -0.4 is 5.32 Å². The van der Waals surface area contributed by atoms with Crippen LogP contribution in [0.15, 0.2) is 54.6 Å². The Morgan fingerprint density at radius 1 is 0.947 bits per heavy atom. The first-order chi connectivity index (χ1) is 9.33. The normalized spacial score (nSPS) is 22.4. The van der Waals surface area contributed by atoms with Gasteiger partial charge in [-0.15, -0.1) is 0 Å². The van der Waals surface area contributed by atoms with Crippen molar-refractivity contribution in [3.05, 3.63) is 54.6 Å². The van der Waals surface area contributed by atoms with Gasteiger partial charge in [-0.05, 0) is 35.4 Å². The zero-order chi connectivity index (χ0) is 13.1. The third kappa shape index (κ3) is 2.95. The number of thioether (sulfide) groups is 1. The molecule has 1 heterocycles. The van der Waals surface area contributed by atoms with E-state index in [0.29, 0.717) is 11.3 Å². The lowest BCUT2D eigenvalue weighted by Gasteiger charge is -2.18. The zero-order valence-electron chi connectivity index (χ0n) is 11.2. The van der Waals surface area contributed by atoms with Crippen LogP contribution >= 0.6 is 11.8 Å². The second-order valence-corrected chi connectivity index (χ2v) is 6.54. The lowest BCUT2D eigenvalue weighted by atomic mass is 10.1. The van der Waals surface area contributed by atoms with Crippen LogP contribution in [-0.4, -0.2) is 17.0 Å². The van der Waals surface area contributed by atoms with E-state index in [4.69, 9.17) is 0 Å². The van der Waals surface area contributed by atoms with E-state index in [1.807, 2.05) is 0 Å². The molecule has 1 aliphatic rings. The molecule has 0 saturated carbocycles. The lowest BCUT2D eigenvalue weighted by molar-refractivity contribution is 0.724. The van der Waals surface area contributed by atoms with Gasteiger partial charge in [0.2, 0.25) is 0 Å². The summed E-state index contributed by atoms with van der Waals surface area (Å²) in [5, 5.41) is 4.36. The molecule has 1 aliphatic heterocycles. The highest BCUT2D eigenvalue weighted by atomic mass is 32.2. The van der Waals surface area contributed by atoms with Crippen molar-refractivity contribution in [1.82, 2.24) is 0 Å². The molecule has 0 aliphatic carbocycles. The highest BCUT2D eigenvalue weighted by Crippen LogP contribution is 2.29. The predicted molar refractivity (Wildman–Crippen MR) is 85.8 cm³/mol. The molecule has 0 radical (unpaired) electrons. The fraction of sp³-hybridized carbons (Fsp3) is 0.294. The Labute approximate surface area is 119 Å². The van der Waals surface area contributed by atoms with Crippen LogP contribution in [0.1, 0.15) is 13.3 Å². The molecule has 0 aromatic heterocycles. The molecule has 19 heavy (non-hydrogen) atoms. The molecule has 1 N–H and O–H groups in total. The van der Waals surface area contributed by atoms with Crippen molar-refractivity contribution in [2.75, 3.05) is 11.1 Å². The van der Waals surface area contributed by atoms with E-state index in [-0.39, 0.29) is 0 Å². The zero-order valence-corrected chi connectivity index (χ0v) is 12.0. The number of nitrogens with one attached hydrogen (secondary N) is 1. The van der Waals surface area contributed by atoms with Gasteiger partial charge in [-0.25, -0.2) is 0 Å². The van der Waals surface area contributed by atoms with Crippen LogP contribution in [0, 0.1) is 0 Å². The van der Waals surface area contributed by atoms with E-state index >= 15 is 0 Å². The Morgan fingerprint density at radius 3 is 2.26 bits per heavy atom. The van der Waals surface area contributed by atoms with Gasteiger partial charge in [0.05, 0.1) is 0 Å². The van der Waals surface area contributed by atoms with Gasteiger partial charge in [0.25, 0.3) is 0 Å². The Balaban J connectivity index is 1.72. The molecule has 1 fully saturated rings. The van der Waals surface area contributed by atoms with Crippen LogP contribution in [0.4, 0.5) is 5.69 Å². The number of rotatable bonds is 3. The molecule has 2 heteroatoms. The molecular weight excluding hydrogens is 250 g/mol. The molecule has 1 nitrogen and oxygen atoms in total. The molecule has 2 aromatic rings. The maximum atomic E-state index is 3.65. The summed E-state index contributed by atoms with van der Waals surface area (Å²) >= 11 is 2.06. The van der Waals surface area contributed by atoms with Crippen molar-refractivity contribution in [3.8, 4) is 11.1 Å². The molecule has 2 unspecified atom stereocenters. The Hall–Kier alpha value is -1.41. The molecule has 0 bridgehead atoms. The van der Waals surface area contributed by atoms with E-state index in [0.717, 1.165) is 0 Å². The molecule has 1 saturated heterocycles. The monoisotopic (exact) mass is 269 g/mol. The van der Waals surface area contributed by atoms with E-state index in [1.165, 1.54) is 29.0 Å². The van der Waals surface area contributed by atoms with Gasteiger partial charge in [0.15, 0.2) is 0 Å². The highest BCUT2D eigenvalue weighted by molar-refractivity contribution is 8.00. The lowest BCUT2D eigenvalue weighted by Crippen LogP contribution is -2.24. The largest absolute Gasteiger partial charge is 0.381 e. The molecule has 2 atom stereocenters. The van der Waals surface area contributed by atoms with Gasteiger partial charge in [0.1, 0.15) is 0 Å². The van der Waals surface area contributed by atoms with Crippen molar-refractivity contribution < 1.29 is 0 Å². The van der Waals surface area contributed by atoms with E-state index < -0.39 is 0 Å². The Kier molecular flexibility index (Phi) is 3.79. The maximum Gasteiger partial charge on any atom is 0.0385 e. The summed E-state index contributed by atoms with van der Waals surface area (Å²) in [5.41, 5.74) is 3.79. The fourth-order valence-corrected chi connectivity index (χ4v) is 3.72. The summed E-state index contributed by atoms with van der Waals surface area (Å²) in [6.07, 6.45) is 1.27. The van der Waals surface area contributed by atoms with Gasteiger partial charge in [-0.1, -0.05) is 49.4 Å². The molecule has 2 aromatic carbocycles.